The van der Waals surface area contributed by atoms with Crippen LogP contribution in [0.25, 0.3) is 0 Å². The van der Waals surface area contributed by atoms with Gasteiger partial charge in [0.25, 0.3) is 0 Å². The van der Waals surface area contributed by atoms with Crippen molar-refractivity contribution in [2.24, 2.45) is 0 Å². The van der Waals surface area contributed by atoms with Gasteiger partial charge in [0.1, 0.15) is 6.61 Å². The fourth-order valence-electron chi connectivity index (χ4n) is 3.28. The summed E-state index contributed by atoms with van der Waals surface area (Å²) in [6.07, 6.45) is 16.9. The Labute approximate surface area is 143 Å². The van der Waals surface area contributed by atoms with Gasteiger partial charge in [0, 0.05) is 17.8 Å². The second-order valence-electron chi connectivity index (χ2n) is 7.03. The highest BCUT2D eigenvalue weighted by Gasteiger charge is 2.40. The Hall–Kier alpha value is -0.640. The summed E-state index contributed by atoms with van der Waals surface area (Å²) in [5, 5.41) is 20.6. The largest absolute Gasteiger partial charge is 0.389 e. The Morgan fingerprint density at radius 1 is 0.739 bits per heavy atom. The molecular weight excluding hydrogens is 290 g/mol. The molecule has 0 heterocycles. The van der Waals surface area contributed by atoms with Crippen LogP contribution in [0.1, 0.15) is 110 Å². The molecule has 23 heavy (non-hydrogen) atoms. The third kappa shape index (κ3) is 10.7. The smallest absolute Gasteiger partial charge is 0.244 e. The predicted octanol–water partition coefficient (Wildman–Crippen LogP) is 5.89. The molecular formula is C19H39NO3. The molecule has 0 saturated carbocycles. The monoisotopic (exact) mass is 329 g/mol. The molecule has 4 heteroatoms. The molecule has 0 aliphatic carbocycles. The molecule has 0 aliphatic rings. The fraction of sp³-hybridized carbons (Fsp3) is 1.00. The van der Waals surface area contributed by atoms with Gasteiger partial charge in [-0.1, -0.05) is 84.5 Å². The van der Waals surface area contributed by atoms with Crippen molar-refractivity contribution in [1.29, 1.82) is 0 Å². The second kappa shape index (κ2) is 14.9. The predicted molar refractivity (Wildman–Crippen MR) is 97.4 cm³/mol. The summed E-state index contributed by atoms with van der Waals surface area (Å²) in [5.74, 6) is 0. The highest BCUT2D eigenvalue weighted by molar-refractivity contribution is 4.78. The highest BCUT2D eigenvalue weighted by Crippen LogP contribution is 2.24. The van der Waals surface area contributed by atoms with Gasteiger partial charge < -0.3 is 5.11 Å². The molecule has 0 saturated heterocycles. The molecule has 4 nitrogen and oxygen atoms in total. The van der Waals surface area contributed by atoms with Crippen LogP contribution in [0.15, 0.2) is 0 Å². The van der Waals surface area contributed by atoms with Gasteiger partial charge >= 0.3 is 0 Å². The van der Waals surface area contributed by atoms with Gasteiger partial charge in [0.2, 0.25) is 5.54 Å². The Bertz CT molecular complexity index is 284. The lowest BCUT2D eigenvalue weighted by Gasteiger charge is -2.22. The molecule has 0 amide bonds. The molecule has 0 bridgehead atoms. The van der Waals surface area contributed by atoms with E-state index in [2.05, 4.69) is 6.92 Å². The molecule has 0 spiro atoms. The zero-order chi connectivity index (χ0) is 17.4. The first-order valence-electron chi connectivity index (χ1n) is 9.88. The van der Waals surface area contributed by atoms with Crippen molar-refractivity contribution in [3.63, 3.8) is 0 Å². The van der Waals surface area contributed by atoms with Crippen LogP contribution in [-0.2, 0) is 0 Å². The summed E-state index contributed by atoms with van der Waals surface area (Å²) >= 11 is 0. The molecule has 0 radical (unpaired) electrons. The second-order valence-corrected chi connectivity index (χ2v) is 7.03. The first kappa shape index (κ1) is 22.4. The fourth-order valence-corrected chi connectivity index (χ4v) is 3.28. The molecule has 1 unspecified atom stereocenters. The molecule has 0 aromatic heterocycles. The van der Waals surface area contributed by atoms with Crippen molar-refractivity contribution in [2.45, 2.75) is 116 Å². The molecule has 138 valence electrons. The van der Waals surface area contributed by atoms with Crippen LogP contribution in [0.3, 0.4) is 0 Å². The number of rotatable bonds is 17. The van der Waals surface area contributed by atoms with Gasteiger partial charge in [0.15, 0.2) is 0 Å². The van der Waals surface area contributed by atoms with E-state index in [1.807, 2.05) is 6.92 Å². The van der Waals surface area contributed by atoms with E-state index in [-0.39, 0.29) is 11.5 Å². The lowest BCUT2D eigenvalue weighted by atomic mass is 9.89. The van der Waals surface area contributed by atoms with E-state index >= 15 is 0 Å². The molecule has 1 atom stereocenters. The summed E-state index contributed by atoms with van der Waals surface area (Å²) in [4.78, 5) is 11.0. The number of aliphatic hydroxyl groups excluding tert-OH is 1. The van der Waals surface area contributed by atoms with Gasteiger partial charge in [-0.25, -0.2) is 0 Å². The first-order valence-corrected chi connectivity index (χ1v) is 9.88. The van der Waals surface area contributed by atoms with Crippen molar-refractivity contribution in [3.8, 4) is 0 Å². The average molecular weight is 330 g/mol. The lowest BCUT2D eigenvalue weighted by molar-refractivity contribution is -0.576. The number of aliphatic hydroxyl groups is 1. The maximum atomic E-state index is 11.2. The van der Waals surface area contributed by atoms with Crippen LogP contribution in [0.4, 0.5) is 0 Å². The van der Waals surface area contributed by atoms with E-state index in [1.54, 1.807) is 0 Å². The van der Waals surface area contributed by atoms with Crippen molar-refractivity contribution in [2.75, 3.05) is 6.61 Å². The number of hydrogen-bond acceptors (Lipinski definition) is 3. The number of unbranched alkanes of at least 4 members (excludes halogenated alkanes) is 11. The van der Waals surface area contributed by atoms with Gasteiger partial charge in [-0.05, 0) is 12.8 Å². The van der Waals surface area contributed by atoms with E-state index in [0.717, 1.165) is 19.3 Å². The Balaban J connectivity index is 3.55. The zero-order valence-corrected chi connectivity index (χ0v) is 15.5. The normalized spacial score (nSPS) is 13.9. The Morgan fingerprint density at radius 2 is 1.17 bits per heavy atom. The minimum Gasteiger partial charge on any atom is -0.389 e. The lowest BCUT2D eigenvalue weighted by Crippen LogP contribution is -2.42. The van der Waals surface area contributed by atoms with Crippen LogP contribution < -0.4 is 0 Å². The van der Waals surface area contributed by atoms with E-state index in [1.165, 1.54) is 64.2 Å². The number of nitrogens with zero attached hydrogens (tertiary/aromatic N) is 1. The molecule has 0 aliphatic heterocycles. The van der Waals surface area contributed by atoms with Crippen molar-refractivity contribution in [1.82, 2.24) is 0 Å². The highest BCUT2D eigenvalue weighted by atomic mass is 16.6. The summed E-state index contributed by atoms with van der Waals surface area (Å²) in [7, 11) is 0. The summed E-state index contributed by atoms with van der Waals surface area (Å²) in [6.45, 7) is 3.86. The quantitative estimate of drug-likeness (QED) is 0.206. The van der Waals surface area contributed by atoms with E-state index in [0.29, 0.717) is 12.8 Å². The minimum atomic E-state index is -1.09. The number of hydrogen-bond donors (Lipinski definition) is 1. The van der Waals surface area contributed by atoms with Crippen molar-refractivity contribution < 1.29 is 10.0 Å². The van der Waals surface area contributed by atoms with E-state index < -0.39 is 5.54 Å². The van der Waals surface area contributed by atoms with Crippen LogP contribution in [0, 0.1) is 10.1 Å². The van der Waals surface area contributed by atoms with Crippen LogP contribution in [0.2, 0.25) is 0 Å². The molecule has 0 aromatic rings. The minimum absolute atomic E-state index is 0.255. The zero-order valence-electron chi connectivity index (χ0n) is 15.5. The SMILES string of the molecule is CCCCCCCCCCCCCCC(CO)(CCC)[N+](=O)[O-]. The van der Waals surface area contributed by atoms with Gasteiger partial charge in [-0.3, -0.25) is 10.1 Å². The molecule has 0 fully saturated rings. The van der Waals surface area contributed by atoms with Crippen LogP contribution in [0.5, 0.6) is 0 Å². The van der Waals surface area contributed by atoms with Gasteiger partial charge in [-0.15, -0.1) is 0 Å². The maximum Gasteiger partial charge on any atom is 0.244 e. The number of nitro groups is 1. The molecule has 0 rings (SSSR count). The summed E-state index contributed by atoms with van der Waals surface area (Å²) in [6, 6.07) is 0. The third-order valence-electron chi connectivity index (χ3n) is 4.89. The summed E-state index contributed by atoms with van der Waals surface area (Å²) < 4.78 is 0. The third-order valence-corrected chi connectivity index (χ3v) is 4.89. The Morgan fingerprint density at radius 3 is 1.52 bits per heavy atom. The average Bonchev–Trinajstić information content (AvgIpc) is 2.54. The van der Waals surface area contributed by atoms with Crippen LogP contribution >= 0.6 is 0 Å². The van der Waals surface area contributed by atoms with Gasteiger partial charge in [0.05, 0.1) is 0 Å². The van der Waals surface area contributed by atoms with Crippen LogP contribution in [-0.4, -0.2) is 22.2 Å². The van der Waals surface area contributed by atoms with E-state index in [4.69, 9.17) is 0 Å². The maximum absolute atomic E-state index is 11.2. The molecule has 0 aromatic carbocycles. The molecule has 1 N–H and O–H groups in total. The summed E-state index contributed by atoms with van der Waals surface area (Å²) in [5.41, 5.74) is -1.09. The Kier molecular flexibility index (Phi) is 14.5. The topological polar surface area (TPSA) is 63.4 Å². The standard InChI is InChI=1S/C19H39NO3/c1-3-5-6-7-8-9-10-11-12-13-14-15-17-19(18-21,16-4-2)20(22)23/h21H,3-18H2,1-2H3. The van der Waals surface area contributed by atoms with Crippen molar-refractivity contribution >= 4 is 0 Å². The first-order chi connectivity index (χ1) is 11.1. The van der Waals surface area contributed by atoms with E-state index in [9.17, 15) is 15.2 Å². The van der Waals surface area contributed by atoms with Gasteiger partial charge in [-0.2, -0.15) is 0 Å². The van der Waals surface area contributed by atoms with Crippen molar-refractivity contribution in [3.05, 3.63) is 10.1 Å².